The molecular weight excluding hydrogens is 217 g/mol. The Morgan fingerprint density at radius 3 is 2.19 bits per heavy atom. The number of hydrogen-bond acceptors (Lipinski definition) is 1. The van der Waals surface area contributed by atoms with Crippen molar-refractivity contribution in [1.82, 2.24) is 0 Å². The van der Waals surface area contributed by atoms with Crippen LogP contribution < -0.4 is 4.74 Å². The van der Waals surface area contributed by atoms with E-state index in [0.29, 0.717) is 5.92 Å². The summed E-state index contributed by atoms with van der Waals surface area (Å²) >= 11 is 0. The summed E-state index contributed by atoms with van der Waals surface area (Å²) in [4.78, 5) is 0. The number of alkyl halides is 3. The minimum atomic E-state index is -4.61. The molecule has 0 saturated carbocycles. The van der Waals surface area contributed by atoms with Gasteiger partial charge in [-0.15, -0.1) is 13.2 Å². The van der Waals surface area contributed by atoms with Crippen LogP contribution in [0.4, 0.5) is 13.2 Å². The van der Waals surface area contributed by atoms with Gasteiger partial charge in [0.15, 0.2) is 0 Å². The third-order valence-electron chi connectivity index (χ3n) is 2.44. The standard InChI is InChI=1S/C12H15F3O/c1-3-9(2)8-10-4-6-11(7-5-10)16-12(13,14)15/h4-7,9H,3,8H2,1-2H3. The molecule has 1 aromatic rings. The van der Waals surface area contributed by atoms with Gasteiger partial charge in [0.25, 0.3) is 0 Å². The fraction of sp³-hybridized carbons (Fsp3) is 0.500. The Balaban J connectivity index is 2.61. The Kier molecular flexibility index (Phi) is 4.21. The zero-order valence-electron chi connectivity index (χ0n) is 9.34. The van der Waals surface area contributed by atoms with E-state index < -0.39 is 6.36 Å². The smallest absolute Gasteiger partial charge is 0.406 e. The lowest BCUT2D eigenvalue weighted by Crippen LogP contribution is -2.17. The van der Waals surface area contributed by atoms with Crippen LogP contribution in [0.25, 0.3) is 0 Å². The lowest BCUT2D eigenvalue weighted by atomic mass is 9.99. The van der Waals surface area contributed by atoms with Gasteiger partial charge in [0.05, 0.1) is 0 Å². The fourth-order valence-electron chi connectivity index (χ4n) is 1.37. The zero-order chi connectivity index (χ0) is 12.2. The van der Waals surface area contributed by atoms with E-state index in [9.17, 15) is 13.2 Å². The largest absolute Gasteiger partial charge is 0.573 e. The minimum absolute atomic E-state index is 0.166. The van der Waals surface area contributed by atoms with Crippen LogP contribution in [0.2, 0.25) is 0 Å². The molecule has 1 nitrogen and oxygen atoms in total. The maximum atomic E-state index is 11.9. The molecule has 0 fully saturated rings. The third kappa shape index (κ3) is 4.55. The van der Waals surface area contributed by atoms with Crippen molar-refractivity contribution in [3.63, 3.8) is 0 Å². The average Bonchev–Trinajstić information content (AvgIpc) is 2.18. The molecule has 0 spiro atoms. The van der Waals surface area contributed by atoms with E-state index in [4.69, 9.17) is 0 Å². The molecule has 0 radical (unpaired) electrons. The molecule has 1 atom stereocenters. The van der Waals surface area contributed by atoms with Gasteiger partial charge in [-0.25, -0.2) is 0 Å². The number of halogens is 3. The van der Waals surface area contributed by atoms with Gasteiger partial charge in [-0.2, -0.15) is 0 Å². The quantitative estimate of drug-likeness (QED) is 0.756. The Bertz CT molecular complexity index is 316. The molecule has 0 aliphatic rings. The molecule has 1 unspecified atom stereocenters. The van der Waals surface area contributed by atoms with Gasteiger partial charge in [0.2, 0.25) is 0 Å². The highest BCUT2D eigenvalue weighted by atomic mass is 19.4. The molecule has 90 valence electrons. The van der Waals surface area contributed by atoms with Gasteiger partial charge in [0, 0.05) is 0 Å². The molecular formula is C12H15F3O. The van der Waals surface area contributed by atoms with Gasteiger partial charge in [0.1, 0.15) is 5.75 Å². The summed E-state index contributed by atoms with van der Waals surface area (Å²) in [7, 11) is 0. The van der Waals surface area contributed by atoms with Crippen LogP contribution in [0.15, 0.2) is 24.3 Å². The summed E-state index contributed by atoms with van der Waals surface area (Å²) in [5.74, 6) is 0.370. The van der Waals surface area contributed by atoms with Gasteiger partial charge < -0.3 is 4.74 Å². The summed E-state index contributed by atoms with van der Waals surface area (Å²) in [5.41, 5.74) is 1.03. The monoisotopic (exact) mass is 232 g/mol. The molecule has 0 aliphatic carbocycles. The van der Waals surface area contributed by atoms with Crippen LogP contribution in [-0.4, -0.2) is 6.36 Å². The van der Waals surface area contributed by atoms with E-state index in [2.05, 4.69) is 18.6 Å². The topological polar surface area (TPSA) is 9.23 Å². The molecule has 0 amide bonds. The number of rotatable bonds is 4. The predicted molar refractivity (Wildman–Crippen MR) is 56.3 cm³/mol. The first-order valence-electron chi connectivity index (χ1n) is 5.25. The first-order valence-corrected chi connectivity index (χ1v) is 5.25. The molecule has 0 N–H and O–H groups in total. The maximum absolute atomic E-state index is 11.9. The summed E-state index contributed by atoms with van der Waals surface area (Å²) in [6, 6.07) is 6.05. The molecule has 1 rings (SSSR count). The van der Waals surface area contributed by atoms with E-state index in [-0.39, 0.29) is 5.75 Å². The van der Waals surface area contributed by atoms with E-state index in [1.165, 1.54) is 12.1 Å². The number of benzene rings is 1. The van der Waals surface area contributed by atoms with Gasteiger partial charge in [-0.05, 0) is 30.0 Å². The first kappa shape index (κ1) is 12.9. The molecule has 4 heteroatoms. The molecule has 0 heterocycles. The SMILES string of the molecule is CCC(C)Cc1ccc(OC(F)(F)F)cc1. The first-order chi connectivity index (χ1) is 7.40. The normalized spacial score (nSPS) is 13.6. The number of ether oxygens (including phenoxy) is 1. The van der Waals surface area contributed by atoms with Crippen molar-refractivity contribution in [2.45, 2.75) is 33.1 Å². The third-order valence-corrected chi connectivity index (χ3v) is 2.44. The average molecular weight is 232 g/mol. The van der Waals surface area contributed by atoms with Crippen molar-refractivity contribution in [3.05, 3.63) is 29.8 Å². The maximum Gasteiger partial charge on any atom is 0.573 e. The van der Waals surface area contributed by atoms with Gasteiger partial charge >= 0.3 is 6.36 Å². The van der Waals surface area contributed by atoms with Crippen molar-refractivity contribution >= 4 is 0 Å². The highest BCUT2D eigenvalue weighted by molar-refractivity contribution is 5.27. The molecule has 0 aliphatic heterocycles. The van der Waals surface area contributed by atoms with E-state index in [1.54, 1.807) is 12.1 Å². The molecule has 0 saturated heterocycles. The lowest BCUT2D eigenvalue weighted by molar-refractivity contribution is -0.274. The van der Waals surface area contributed by atoms with E-state index in [1.807, 2.05) is 0 Å². The van der Waals surface area contributed by atoms with Crippen LogP contribution >= 0.6 is 0 Å². The Hall–Kier alpha value is -1.19. The second-order valence-electron chi connectivity index (χ2n) is 3.91. The van der Waals surface area contributed by atoms with Crippen molar-refractivity contribution in [2.75, 3.05) is 0 Å². The van der Waals surface area contributed by atoms with Crippen LogP contribution in [-0.2, 0) is 6.42 Å². The fourth-order valence-corrected chi connectivity index (χ4v) is 1.37. The van der Waals surface area contributed by atoms with Crippen molar-refractivity contribution in [2.24, 2.45) is 5.92 Å². The Morgan fingerprint density at radius 2 is 1.75 bits per heavy atom. The predicted octanol–water partition coefficient (Wildman–Crippen LogP) is 4.17. The Morgan fingerprint density at radius 1 is 1.19 bits per heavy atom. The molecule has 16 heavy (non-hydrogen) atoms. The minimum Gasteiger partial charge on any atom is -0.406 e. The summed E-state index contributed by atoms with van der Waals surface area (Å²) in [5, 5.41) is 0. The molecule has 0 aromatic heterocycles. The van der Waals surface area contributed by atoms with Gasteiger partial charge in [-0.1, -0.05) is 32.4 Å². The van der Waals surface area contributed by atoms with Crippen LogP contribution in [0, 0.1) is 5.92 Å². The van der Waals surface area contributed by atoms with Gasteiger partial charge in [-0.3, -0.25) is 0 Å². The van der Waals surface area contributed by atoms with Crippen LogP contribution in [0.3, 0.4) is 0 Å². The van der Waals surface area contributed by atoms with Crippen LogP contribution in [0.1, 0.15) is 25.8 Å². The second kappa shape index (κ2) is 5.23. The van der Waals surface area contributed by atoms with Crippen molar-refractivity contribution < 1.29 is 17.9 Å². The van der Waals surface area contributed by atoms with E-state index >= 15 is 0 Å². The molecule has 0 bridgehead atoms. The van der Waals surface area contributed by atoms with Crippen LogP contribution in [0.5, 0.6) is 5.75 Å². The number of hydrogen-bond donors (Lipinski definition) is 0. The Labute approximate surface area is 93.2 Å². The summed E-state index contributed by atoms with van der Waals surface area (Å²) in [6.07, 6.45) is -2.68. The lowest BCUT2D eigenvalue weighted by Gasteiger charge is -2.11. The highest BCUT2D eigenvalue weighted by Crippen LogP contribution is 2.23. The highest BCUT2D eigenvalue weighted by Gasteiger charge is 2.30. The van der Waals surface area contributed by atoms with Crippen molar-refractivity contribution in [1.29, 1.82) is 0 Å². The zero-order valence-corrected chi connectivity index (χ0v) is 9.34. The second-order valence-corrected chi connectivity index (χ2v) is 3.91. The summed E-state index contributed by atoms with van der Waals surface area (Å²) in [6.45, 7) is 4.20. The van der Waals surface area contributed by atoms with E-state index in [0.717, 1.165) is 18.4 Å². The molecule has 1 aromatic carbocycles. The summed E-state index contributed by atoms with van der Waals surface area (Å²) < 4.78 is 39.4. The van der Waals surface area contributed by atoms with Crippen molar-refractivity contribution in [3.8, 4) is 5.75 Å².